The molecule has 2 aromatic heterocycles. The highest BCUT2D eigenvalue weighted by atomic mass is 32.2. The summed E-state index contributed by atoms with van der Waals surface area (Å²) in [6.45, 7) is 1.31. The van der Waals surface area contributed by atoms with Gasteiger partial charge in [0.25, 0.3) is 0 Å². The molecular formula is C21H25N5O4S. The summed E-state index contributed by atoms with van der Waals surface area (Å²) in [5, 5.41) is 31.3. The second-order valence-electron chi connectivity index (χ2n) is 7.83. The largest absolute Gasteiger partial charge is 0.394 e. The van der Waals surface area contributed by atoms with Gasteiger partial charge in [-0.1, -0.05) is 42.1 Å². The molecule has 0 spiro atoms. The summed E-state index contributed by atoms with van der Waals surface area (Å²) in [5.74, 6) is 1.39. The Morgan fingerprint density at radius 2 is 1.84 bits per heavy atom. The zero-order chi connectivity index (χ0) is 21.4. The first-order valence-electron chi connectivity index (χ1n) is 10.4. The second kappa shape index (κ2) is 8.71. The van der Waals surface area contributed by atoms with Crippen molar-refractivity contribution in [3.8, 4) is 0 Å². The van der Waals surface area contributed by atoms with Crippen LogP contribution in [0.2, 0.25) is 0 Å². The van der Waals surface area contributed by atoms with Gasteiger partial charge in [-0.05, 0) is 18.4 Å². The van der Waals surface area contributed by atoms with Crippen LogP contribution in [0.3, 0.4) is 0 Å². The predicted molar refractivity (Wildman–Crippen MR) is 116 cm³/mol. The summed E-state index contributed by atoms with van der Waals surface area (Å²) in [6.07, 6.45) is -0.546. The number of hydrogen-bond donors (Lipinski definition) is 3. The van der Waals surface area contributed by atoms with E-state index in [9.17, 15) is 15.3 Å². The molecule has 1 unspecified atom stereocenters. The van der Waals surface area contributed by atoms with E-state index in [0.717, 1.165) is 36.7 Å². The Bertz CT molecular complexity index is 1040. The summed E-state index contributed by atoms with van der Waals surface area (Å²) in [4.78, 5) is 15.9. The number of aliphatic hydroxyl groups excluding tert-OH is 3. The van der Waals surface area contributed by atoms with E-state index in [1.807, 2.05) is 18.2 Å². The zero-order valence-corrected chi connectivity index (χ0v) is 17.7. The van der Waals surface area contributed by atoms with Crippen LogP contribution in [0, 0.1) is 0 Å². The van der Waals surface area contributed by atoms with Crippen LogP contribution in [0.25, 0.3) is 11.2 Å². The molecule has 164 valence electrons. The van der Waals surface area contributed by atoms with Gasteiger partial charge < -0.3 is 25.0 Å². The van der Waals surface area contributed by atoms with E-state index >= 15 is 0 Å². The van der Waals surface area contributed by atoms with Crippen LogP contribution in [0.4, 0.5) is 5.95 Å². The number of benzene rings is 1. The van der Waals surface area contributed by atoms with E-state index in [1.165, 1.54) is 11.9 Å². The minimum absolute atomic E-state index is 0.381. The number of anilines is 1. The van der Waals surface area contributed by atoms with E-state index in [2.05, 4.69) is 27.0 Å². The fraction of sp³-hybridized carbons (Fsp3) is 0.476. The Hall–Kier alpha value is -2.24. The van der Waals surface area contributed by atoms with Gasteiger partial charge in [0.1, 0.15) is 35.2 Å². The Morgan fingerprint density at radius 1 is 1.06 bits per heavy atom. The molecule has 3 N–H and O–H groups in total. The SMILES string of the molecule is OC[C@H]1OC(n2c(N3CCCC3)nc3c(SCc4ccccc4)ncnc32)[C@H](O)[C@@H]1O. The molecule has 4 heterocycles. The Balaban J connectivity index is 1.56. The molecular weight excluding hydrogens is 418 g/mol. The quantitative estimate of drug-likeness (QED) is 0.383. The van der Waals surface area contributed by atoms with Crippen molar-refractivity contribution in [2.24, 2.45) is 0 Å². The normalized spacial score (nSPS) is 26.2. The average Bonchev–Trinajstić information content (AvgIpc) is 3.52. The Labute approximate surface area is 183 Å². The number of ether oxygens (including phenoxy) is 1. The lowest BCUT2D eigenvalue weighted by Crippen LogP contribution is -2.34. The van der Waals surface area contributed by atoms with Gasteiger partial charge in [-0.3, -0.25) is 4.57 Å². The molecule has 0 amide bonds. The predicted octanol–water partition coefficient (Wildman–Crippen LogP) is 1.33. The number of aliphatic hydroxyl groups is 3. The molecule has 2 aliphatic rings. The molecule has 2 saturated heterocycles. The highest BCUT2D eigenvalue weighted by Gasteiger charge is 2.45. The number of rotatable bonds is 6. The fourth-order valence-corrected chi connectivity index (χ4v) is 5.07. The maximum Gasteiger partial charge on any atom is 0.210 e. The van der Waals surface area contributed by atoms with Crippen molar-refractivity contribution in [2.75, 3.05) is 24.6 Å². The standard InChI is InChI=1S/C21H25N5O4S/c27-10-14-16(28)17(29)20(30-14)26-18-15(24-21(26)25-8-4-5-9-25)19(23-12-22-18)31-11-13-6-2-1-3-7-13/h1-3,6-7,12,14,16-17,20,27-29H,4-5,8-11H2/t14-,16-,17-,20?/m1/s1. The van der Waals surface area contributed by atoms with Gasteiger partial charge in [-0.2, -0.15) is 0 Å². The lowest BCUT2D eigenvalue weighted by atomic mass is 10.1. The van der Waals surface area contributed by atoms with E-state index in [1.54, 1.807) is 16.3 Å². The van der Waals surface area contributed by atoms with Crippen molar-refractivity contribution in [3.63, 3.8) is 0 Å². The van der Waals surface area contributed by atoms with Crippen molar-refractivity contribution < 1.29 is 20.1 Å². The molecule has 0 bridgehead atoms. The van der Waals surface area contributed by atoms with Crippen LogP contribution in [-0.2, 0) is 10.5 Å². The van der Waals surface area contributed by atoms with Crippen LogP contribution in [0.5, 0.6) is 0 Å². The molecule has 0 radical (unpaired) electrons. The highest BCUT2D eigenvalue weighted by Crippen LogP contribution is 2.38. The van der Waals surface area contributed by atoms with Crippen LogP contribution in [0.1, 0.15) is 24.6 Å². The van der Waals surface area contributed by atoms with Gasteiger partial charge >= 0.3 is 0 Å². The third kappa shape index (κ3) is 3.79. The average molecular weight is 444 g/mol. The number of imidazole rings is 1. The lowest BCUT2D eigenvalue weighted by molar-refractivity contribution is -0.0504. The molecule has 2 aliphatic heterocycles. The van der Waals surface area contributed by atoms with Gasteiger partial charge in [0.2, 0.25) is 5.95 Å². The Kier molecular flexibility index (Phi) is 5.81. The lowest BCUT2D eigenvalue weighted by Gasteiger charge is -2.23. The van der Waals surface area contributed by atoms with Gasteiger partial charge in [0.15, 0.2) is 11.9 Å². The van der Waals surface area contributed by atoms with E-state index < -0.39 is 24.5 Å². The van der Waals surface area contributed by atoms with E-state index in [0.29, 0.717) is 17.1 Å². The van der Waals surface area contributed by atoms with Gasteiger partial charge in [0.05, 0.1) is 6.61 Å². The van der Waals surface area contributed by atoms with E-state index in [4.69, 9.17) is 9.72 Å². The summed E-state index contributed by atoms with van der Waals surface area (Å²) in [6, 6.07) is 10.1. The molecule has 5 rings (SSSR count). The first-order chi connectivity index (χ1) is 15.2. The first kappa shape index (κ1) is 20.7. The number of aromatic nitrogens is 4. The van der Waals surface area contributed by atoms with Crippen molar-refractivity contribution in [1.82, 2.24) is 19.5 Å². The van der Waals surface area contributed by atoms with E-state index in [-0.39, 0.29) is 6.61 Å². The zero-order valence-electron chi connectivity index (χ0n) is 16.9. The molecule has 3 aromatic rings. The fourth-order valence-electron chi connectivity index (χ4n) is 4.18. The minimum Gasteiger partial charge on any atom is -0.394 e. The summed E-state index contributed by atoms with van der Waals surface area (Å²) < 4.78 is 7.58. The second-order valence-corrected chi connectivity index (χ2v) is 8.79. The highest BCUT2D eigenvalue weighted by molar-refractivity contribution is 7.98. The minimum atomic E-state index is -1.20. The summed E-state index contributed by atoms with van der Waals surface area (Å²) >= 11 is 1.58. The molecule has 10 heteroatoms. The molecule has 31 heavy (non-hydrogen) atoms. The Morgan fingerprint density at radius 3 is 2.55 bits per heavy atom. The molecule has 0 saturated carbocycles. The topological polar surface area (TPSA) is 117 Å². The van der Waals surface area contributed by atoms with Crippen LogP contribution < -0.4 is 4.90 Å². The maximum absolute atomic E-state index is 10.7. The first-order valence-corrected chi connectivity index (χ1v) is 11.4. The van der Waals surface area contributed by atoms with Gasteiger partial charge in [0, 0.05) is 18.8 Å². The monoisotopic (exact) mass is 443 g/mol. The summed E-state index contributed by atoms with van der Waals surface area (Å²) in [7, 11) is 0. The maximum atomic E-state index is 10.7. The van der Waals surface area contributed by atoms with Crippen molar-refractivity contribution in [2.45, 2.75) is 48.2 Å². The molecule has 2 fully saturated rings. The number of thioether (sulfide) groups is 1. The number of fused-ring (bicyclic) bond motifs is 1. The molecule has 9 nitrogen and oxygen atoms in total. The molecule has 1 aromatic carbocycles. The van der Waals surface area contributed by atoms with Crippen molar-refractivity contribution in [1.29, 1.82) is 0 Å². The third-order valence-electron chi connectivity index (χ3n) is 5.80. The van der Waals surface area contributed by atoms with Gasteiger partial charge in [-0.25, -0.2) is 15.0 Å². The smallest absolute Gasteiger partial charge is 0.210 e. The third-order valence-corrected chi connectivity index (χ3v) is 6.85. The van der Waals surface area contributed by atoms with Crippen molar-refractivity contribution in [3.05, 3.63) is 42.2 Å². The molecule has 4 atom stereocenters. The molecule has 0 aliphatic carbocycles. The van der Waals surface area contributed by atoms with Crippen LogP contribution in [0.15, 0.2) is 41.7 Å². The number of hydrogen-bond acceptors (Lipinski definition) is 9. The summed E-state index contributed by atoms with van der Waals surface area (Å²) in [5.41, 5.74) is 2.37. The number of nitrogens with zero attached hydrogens (tertiary/aromatic N) is 5. The van der Waals surface area contributed by atoms with Crippen molar-refractivity contribution >= 4 is 28.9 Å². The van der Waals surface area contributed by atoms with Gasteiger partial charge in [-0.15, -0.1) is 0 Å². The van der Waals surface area contributed by atoms with Crippen LogP contribution in [-0.4, -0.2) is 72.8 Å². The van der Waals surface area contributed by atoms with Crippen LogP contribution >= 0.6 is 11.8 Å².